The van der Waals surface area contributed by atoms with Gasteiger partial charge in [0.25, 0.3) is 0 Å². The van der Waals surface area contributed by atoms with Gasteiger partial charge in [-0.05, 0) is 54.5 Å². The van der Waals surface area contributed by atoms with E-state index in [1.54, 1.807) is 6.07 Å². The number of carbonyl (C=O) groups is 1. The second kappa shape index (κ2) is 5.71. The largest absolute Gasteiger partial charge is 0.478 e. The molecule has 1 fully saturated rings. The molecular formula is C13H17BrN2O2. The van der Waals surface area contributed by atoms with E-state index in [1.165, 1.54) is 12.8 Å². The summed E-state index contributed by atoms with van der Waals surface area (Å²) < 4.78 is 0.611. The molecule has 2 N–H and O–H groups in total. The van der Waals surface area contributed by atoms with Crippen LogP contribution in [0.4, 0.5) is 5.69 Å². The zero-order chi connectivity index (χ0) is 13.1. The number of likely N-dealkylation sites (N-methyl/N-ethyl adjacent to an activating group) is 1. The van der Waals surface area contributed by atoms with Crippen LogP contribution in [0.1, 0.15) is 23.2 Å². The summed E-state index contributed by atoms with van der Waals surface area (Å²) >= 11 is 3.28. The van der Waals surface area contributed by atoms with Gasteiger partial charge in [-0.25, -0.2) is 4.79 Å². The van der Waals surface area contributed by atoms with Crippen molar-refractivity contribution in [2.24, 2.45) is 0 Å². The summed E-state index contributed by atoms with van der Waals surface area (Å²) in [5.74, 6) is -0.912. The summed E-state index contributed by atoms with van der Waals surface area (Å²) in [6.07, 6.45) is 2.38. The lowest BCUT2D eigenvalue weighted by atomic mass is 10.1. The van der Waals surface area contributed by atoms with Crippen LogP contribution >= 0.6 is 15.9 Å². The number of likely N-dealkylation sites (tertiary alicyclic amines) is 1. The van der Waals surface area contributed by atoms with Gasteiger partial charge < -0.3 is 15.3 Å². The van der Waals surface area contributed by atoms with Crippen LogP contribution < -0.4 is 5.32 Å². The normalized spacial score (nSPS) is 20.0. The minimum absolute atomic E-state index is 0.304. The topological polar surface area (TPSA) is 52.6 Å². The SMILES string of the molecule is CN1CCCC1CNc1cccc(Br)c1C(=O)O. The minimum Gasteiger partial charge on any atom is -0.478 e. The lowest BCUT2D eigenvalue weighted by Crippen LogP contribution is -2.31. The van der Waals surface area contributed by atoms with Crippen molar-refractivity contribution >= 4 is 27.6 Å². The Balaban J connectivity index is 2.09. The van der Waals surface area contributed by atoms with Gasteiger partial charge in [0.1, 0.15) is 0 Å². The lowest BCUT2D eigenvalue weighted by molar-refractivity contribution is 0.0697. The van der Waals surface area contributed by atoms with Crippen LogP contribution in [-0.4, -0.2) is 42.2 Å². The maximum absolute atomic E-state index is 11.2. The molecule has 1 aliphatic heterocycles. The number of rotatable bonds is 4. The standard InChI is InChI=1S/C13H17BrN2O2/c1-16-7-3-4-9(16)8-15-11-6-2-5-10(14)12(11)13(17)18/h2,5-6,9,15H,3-4,7-8H2,1H3,(H,17,18). The molecule has 1 atom stereocenters. The maximum atomic E-state index is 11.2. The smallest absolute Gasteiger partial charge is 0.338 e. The molecule has 0 amide bonds. The van der Waals surface area contributed by atoms with Gasteiger partial charge in [-0.3, -0.25) is 0 Å². The average molecular weight is 313 g/mol. The number of anilines is 1. The van der Waals surface area contributed by atoms with Crippen LogP contribution in [0.25, 0.3) is 0 Å². The Bertz CT molecular complexity index is 451. The second-order valence-corrected chi connectivity index (χ2v) is 5.48. The first-order valence-corrected chi connectivity index (χ1v) is 6.85. The van der Waals surface area contributed by atoms with Gasteiger partial charge in [-0.1, -0.05) is 6.07 Å². The van der Waals surface area contributed by atoms with Gasteiger partial charge in [-0.2, -0.15) is 0 Å². The Kier molecular flexibility index (Phi) is 4.24. The highest BCUT2D eigenvalue weighted by Gasteiger charge is 2.21. The number of hydrogen-bond donors (Lipinski definition) is 2. The van der Waals surface area contributed by atoms with E-state index in [0.717, 1.165) is 13.1 Å². The van der Waals surface area contributed by atoms with Gasteiger partial charge in [0.15, 0.2) is 0 Å². The molecule has 5 heteroatoms. The molecule has 0 aromatic heterocycles. The molecule has 0 bridgehead atoms. The van der Waals surface area contributed by atoms with Crippen molar-refractivity contribution < 1.29 is 9.90 Å². The van der Waals surface area contributed by atoms with Crippen LogP contribution in [0.15, 0.2) is 22.7 Å². The minimum atomic E-state index is -0.912. The van der Waals surface area contributed by atoms with E-state index in [9.17, 15) is 9.90 Å². The van der Waals surface area contributed by atoms with E-state index in [1.807, 2.05) is 12.1 Å². The quantitative estimate of drug-likeness (QED) is 0.897. The number of hydrogen-bond acceptors (Lipinski definition) is 3. The predicted octanol–water partition coefficient (Wildman–Crippen LogP) is 2.65. The Labute approximate surface area is 115 Å². The molecule has 0 aliphatic carbocycles. The van der Waals surface area contributed by atoms with Gasteiger partial charge in [0.2, 0.25) is 0 Å². The van der Waals surface area contributed by atoms with Crippen LogP contribution in [-0.2, 0) is 0 Å². The molecule has 0 spiro atoms. The number of aromatic carboxylic acids is 1. The molecule has 4 nitrogen and oxygen atoms in total. The first-order chi connectivity index (χ1) is 8.59. The summed E-state index contributed by atoms with van der Waals surface area (Å²) in [6.45, 7) is 1.91. The molecule has 1 aromatic rings. The van der Waals surface area contributed by atoms with Gasteiger partial charge in [0, 0.05) is 22.7 Å². The van der Waals surface area contributed by atoms with Gasteiger partial charge in [-0.15, -0.1) is 0 Å². The van der Waals surface area contributed by atoms with Crippen LogP contribution in [0.3, 0.4) is 0 Å². The highest BCUT2D eigenvalue weighted by Crippen LogP contribution is 2.25. The van der Waals surface area contributed by atoms with Gasteiger partial charge in [0.05, 0.1) is 5.56 Å². The fourth-order valence-corrected chi connectivity index (χ4v) is 2.89. The van der Waals surface area contributed by atoms with Crippen molar-refractivity contribution in [1.29, 1.82) is 0 Å². The third kappa shape index (κ3) is 2.84. The Morgan fingerprint density at radius 3 is 3.00 bits per heavy atom. The maximum Gasteiger partial charge on any atom is 0.338 e. The number of carboxylic acid groups (broad SMARTS) is 1. The molecule has 1 aliphatic rings. The number of halogens is 1. The van der Waals surface area contributed by atoms with Gasteiger partial charge >= 0.3 is 5.97 Å². The summed E-state index contributed by atoms with van der Waals surface area (Å²) in [5.41, 5.74) is 0.982. The van der Waals surface area contributed by atoms with E-state index in [-0.39, 0.29) is 0 Å². The summed E-state index contributed by atoms with van der Waals surface area (Å²) in [7, 11) is 2.11. The van der Waals surface area contributed by atoms with E-state index < -0.39 is 5.97 Å². The third-order valence-electron chi connectivity index (χ3n) is 3.43. The number of carboxylic acids is 1. The van der Waals surface area contributed by atoms with E-state index >= 15 is 0 Å². The fourth-order valence-electron chi connectivity index (χ4n) is 2.35. The molecule has 1 aromatic carbocycles. The van der Waals surface area contributed by atoms with Crippen molar-refractivity contribution in [3.05, 3.63) is 28.2 Å². The Hall–Kier alpha value is -1.07. The predicted molar refractivity (Wildman–Crippen MR) is 75.2 cm³/mol. The lowest BCUT2D eigenvalue weighted by Gasteiger charge is -2.21. The van der Waals surface area contributed by atoms with E-state index in [4.69, 9.17) is 0 Å². The number of nitrogens with one attached hydrogen (secondary N) is 1. The molecule has 1 unspecified atom stereocenters. The van der Waals surface area contributed by atoms with E-state index in [0.29, 0.717) is 21.8 Å². The van der Waals surface area contributed by atoms with Crippen molar-refractivity contribution in [3.8, 4) is 0 Å². The molecule has 18 heavy (non-hydrogen) atoms. The molecule has 1 heterocycles. The second-order valence-electron chi connectivity index (χ2n) is 4.63. The molecule has 0 radical (unpaired) electrons. The summed E-state index contributed by atoms with van der Waals surface area (Å²) in [6, 6.07) is 5.89. The first-order valence-electron chi connectivity index (χ1n) is 6.05. The van der Waals surface area contributed by atoms with Crippen LogP contribution in [0.5, 0.6) is 0 Å². The van der Waals surface area contributed by atoms with Crippen molar-refractivity contribution in [3.63, 3.8) is 0 Å². The zero-order valence-corrected chi connectivity index (χ0v) is 11.9. The monoisotopic (exact) mass is 312 g/mol. The first kappa shape index (κ1) is 13.4. The molecule has 1 saturated heterocycles. The Morgan fingerprint density at radius 2 is 2.39 bits per heavy atom. The number of nitrogens with zero attached hydrogens (tertiary/aromatic N) is 1. The molecule has 0 saturated carbocycles. The van der Waals surface area contributed by atoms with Crippen LogP contribution in [0, 0.1) is 0 Å². The van der Waals surface area contributed by atoms with Crippen LogP contribution in [0.2, 0.25) is 0 Å². The summed E-state index contributed by atoms with van der Waals surface area (Å²) in [4.78, 5) is 13.5. The summed E-state index contributed by atoms with van der Waals surface area (Å²) in [5, 5.41) is 12.5. The van der Waals surface area contributed by atoms with Crippen molar-refractivity contribution in [2.45, 2.75) is 18.9 Å². The third-order valence-corrected chi connectivity index (χ3v) is 4.09. The Morgan fingerprint density at radius 1 is 1.61 bits per heavy atom. The fraction of sp³-hybridized carbons (Fsp3) is 0.462. The zero-order valence-electron chi connectivity index (χ0n) is 10.3. The van der Waals surface area contributed by atoms with E-state index in [2.05, 4.69) is 33.2 Å². The molecular weight excluding hydrogens is 296 g/mol. The highest BCUT2D eigenvalue weighted by atomic mass is 79.9. The number of benzene rings is 1. The van der Waals surface area contributed by atoms with Crippen molar-refractivity contribution in [1.82, 2.24) is 4.90 Å². The molecule has 2 rings (SSSR count). The highest BCUT2D eigenvalue weighted by molar-refractivity contribution is 9.10. The molecule has 98 valence electrons. The van der Waals surface area contributed by atoms with Crippen molar-refractivity contribution in [2.75, 3.05) is 25.5 Å². The average Bonchev–Trinajstić information content (AvgIpc) is 2.71.